The Labute approximate surface area is 108 Å². The zero-order chi connectivity index (χ0) is 13.0. The van der Waals surface area contributed by atoms with Crippen LogP contribution >= 0.6 is 0 Å². The van der Waals surface area contributed by atoms with Crippen LogP contribution in [0.4, 0.5) is 0 Å². The molecule has 0 radical (unpaired) electrons. The van der Waals surface area contributed by atoms with E-state index in [1.807, 2.05) is 0 Å². The van der Waals surface area contributed by atoms with Gasteiger partial charge in [-0.25, -0.2) is 0 Å². The summed E-state index contributed by atoms with van der Waals surface area (Å²) in [4.78, 5) is 16.2. The van der Waals surface area contributed by atoms with E-state index in [1.165, 1.54) is 6.42 Å². The first-order valence-electron chi connectivity index (χ1n) is 6.60. The van der Waals surface area contributed by atoms with Gasteiger partial charge in [-0.05, 0) is 30.9 Å². The van der Waals surface area contributed by atoms with Crippen molar-refractivity contribution >= 4 is 5.91 Å². The summed E-state index contributed by atoms with van der Waals surface area (Å²) in [5, 5.41) is 3.14. The Morgan fingerprint density at radius 3 is 3.06 bits per heavy atom. The SMILES string of the molecule is CC1CCCCC1(CN)NC(=O)c1cccnc1. The zero-order valence-electron chi connectivity index (χ0n) is 10.9. The van der Waals surface area contributed by atoms with Crippen molar-refractivity contribution in [1.82, 2.24) is 10.3 Å². The summed E-state index contributed by atoms with van der Waals surface area (Å²) in [5.74, 6) is 0.360. The number of carbonyl (C=O) groups excluding carboxylic acids is 1. The fourth-order valence-corrected chi connectivity index (χ4v) is 2.75. The van der Waals surface area contributed by atoms with E-state index in [0.717, 1.165) is 19.3 Å². The molecule has 0 spiro atoms. The molecule has 4 heteroatoms. The molecule has 3 N–H and O–H groups in total. The summed E-state index contributed by atoms with van der Waals surface area (Å²) in [6, 6.07) is 3.55. The molecule has 18 heavy (non-hydrogen) atoms. The minimum Gasteiger partial charge on any atom is -0.345 e. The standard InChI is InChI=1S/C14H21N3O/c1-11-5-2-3-7-14(11,10-15)17-13(18)12-6-4-8-16-9-12/h4,6,8-9,11H,2-3,5,7,10,15H2,1H3,(H,17,18). The predicted octanol–water partition coefficient (Wildman–Crippen LogP) is 1.72. The number of nitrogens with zero attached hydrogens (tertiary/aromatic N) is 1. The number of hydrogen-bond acceptors (Lipinski definition) is 3. The molecule has 1 aliphatic carbocycles. The predicted molar refractivity (Wildman–Crippen MR) is 71.1 cm³/mol. The van der Waals surface area contributed by atoms with E-state index in [1.54, 1.807) is 24.5 Å². The second kappa shape index (κ2) is 5.48. The van der Waals surface area contributed by atoms with Crippen molar-refractivity contribution in [3.05, 3.63) is 30.1 Å². The molecule has 1 aromatic rings. The van der Waals surface area contributed by atoms with E-state index >= 15 is 0 Å². The Balaban J connectivity index is 2.13. The molecule has 1 fully saturated rings. The number of pyridine rings is 1. The molecule has 0 saturated heterocycles. The third-order valence-corrected chi connectivity index (χ3v) is 4.10. The van der Waals surface area contributed by atoms with Crippen molar-refractivity contribution in [3.63, 3.8) is 0 Å². The van der Waals surface area contributed by atoms with Crippen molar-refractivity contribution in [1.29, 1.82) is 0 Å². The third kappa shape index (κ3) is 2.53. The first kappa shape index (κ1) is 13.0. The number of amides is 1. The highest BCUT2D eigenvalue weighted by Gasteiger charge is 2.38. The van der Waals surface area contributed by atoms with Gasteiger partial charge in [-0.15, -0.1) is 0 Å². The quantitative estimate of drug-likeness (QED) is 0.854. The van der Waals surface area contributed by atoms with E-state index in [4.69, 9.17) is 5.73 Å². The van der Waals surface area contributed by atoms with Crippen LogP contribution in [0.5, 0.6) is 0 Å². The van der Waals surface area contributed by atoms with Crippen molar-refractivity contribution in [2.24, 2.45) is 11.7 Å². The van der Waals surface area contributed by atoms with E-state index in [9.17, 15) is 4.79 Å². The molecule has 2 unspecified atom stereocenters. The molecular formula is C14H21N3O. The van der Waals surface area contributed by atoms with Gasteiger partial charge < -0.3 is 11.1 Å². The summed E-state index contributed by atoms with van der Waals surface area (Å²) < 4.78 is 0. The first-order chi connectivity index (χ1) is 8.68. The molecule has 1 aliphatic rings. The van der Waals surface area contributed by atoms with Crippen LogP contribution in [0.3, 0.4) is 0 Å². The van der Waals surface area contributed by atoms with Gasteiger partial charge in [0.05, 0.1) is 11.1 Å². The molecule has 98 valence electrons. The van der Waals surface area contributed by atoms with E-state index < -0.39 is 0 Å². The summed E-state index contributed by atoms with van der Waals surface area (Å²) in [7, 11) is 0. The lowest BCUT2D eigenvalue weighted by Crippen LogP contribution is -2.59. The Bertz CT molecular complexity index is 407. The summed E-state index contributed by atoms with van der Waals surface area (Å²) in [5.41, 5.74) is 6.28. The fraction of sp³-hybridized carbons (Fsp3) is 0.571. The lowest BCUT2D eigenvalue weighted by atomic mass is 9.73. The van der Waals surface area contributed by atoms with E-state index in [2.05, 4.69) is 17.2 Å². The van der Waals surface area contributed by atoms with Gasteiger partial charge in [-0.1, -0.05) is 19.8 Å². The molecule has 0 bridgehead atoms. The fourth-order valence-electron chi connectivity index (χ4n) is 2.75. The molecule has 0 aromatic carbocycles. The van der Waals surface area contributed by atoms with Crippen molar-refractivity contribution < 1.29 is 4.79 Å². The van der Waals surface area contributed by atoms with Crippen LogP contribution in [0.1, 0.15) is 43.0 Å². The van der Waals surface area contributed by atoms with Crippen molar-refractivity contribution in [3.8, 4) is 0 Å². The van der Waals surface area contributed by atoms with Crippen molar-refractivity contribution in [2.45, 2.75) is 38.1 Å². The average Bonchev–Trinajstić information content (AvgIpc) is 2.42. The molecule has 2 atom stereocenters. The van der Waals surface area contributed by atoms with Crippen LogP contribution in [0.25, 0.3) is 0 Å². The Hall–Kier alpha value is -1.42. The van der Waals surface area contributed by atoms with Gasteiger partial charge in [0.1, 0.15) is 0 Å². The van der Waals surface area contributed by atoms with Gasteiger partial charge in [0, 0.05) is 18.9 Å². The highest BCUT2D eigenvalue weighted by Crippen LogP contribution is 2.33. The van der Waals surface area contributed by atoms with Gasteiger partial charge in [0.25, 0.3) is 5.91 Å². The van der Waals surface area contributed by atoms with Crippen LogP contribution in [0, 0.1) is 5.92 Å². The number of rotatable bonds is 3. The lowest BCUT2D eigenvalue weighted by molar-refractivity contribution is 0.0812. The number of hydrogen-bond donors (Lipinski definition) is 2. The van der Waals surface area contributed by atoms with Gasteiger partial charge in [-0.3, -0.25) is 9.78 Å². The molecule has 1 amide bonds. The Morgan fingerprint density at radius 1 is 1.61 bits per heavy atom. The molecule has 1 aromatic heterocycles. The monoisotopic (exact) mass is 247 g/mol. The molecular weight excluding hydrogens is 226 g/mol. The second-order valence-corrected chi connectivity index (χ2v) is 5.20. The zero-order valence-corrected chi connectivity index (χ0v) is 10.9. The third-order valence-electron chi connectivity index (χ3n) is 4.10. The van der Waals surface area contributed by atoms with Crippen LogP contribution in [0.15, 0.2) is 24.5 Å². The number of nitrogens with one attached hydrogen (secondary N) is 1. The number of nitrogens with two attached hydrogens (primary N) is 1. The Kier molecular flexibility index (Phi) is 3.97. The molecule has 0 aliphatic heterocycles. The molecule has 2 rings (SSSR count). The molecule has 1 heterocycles. The van der Waals surface area contributed by atoms with Crippen molar-refractivity contribution in [2.75, 3.05) is 6.54 Å². The van der Waals surface area contributed by atoms with Gasteiger partial charge >= 0.3 is 0 Å². The van der Waals surface area contributed by atoms with E-state index in [0.29, 0.717) is 18.0 Å². The lowest BCUT2D eigenvalue weighted by Gasteiger charge is -2.42. The van der Waals surface area contributed by atoms with Crippen LogP contribution in [-0.2, 0) is 0 Å². The largest absolute Gasteiger partial charge is 0.345 e. The van der Waals surface area contributed by atoms with Crippen LogP contribution in [0.2, 0.25) is 0 Å². The minimum atomic E-state index is -0.245. The highest BCUT2D eigenvalue weighted by atomic mass is 16.1. The summed E-state index contributed by atoms with van der Waals surface area (Å²) in [6.07, 6.45) is 7.72. The maximum absolute atomic E-state index is 12.2. The average molecular weight is 247 g/mol. The normalized spacial score (nSPS) is 27.8. The van der Waals surface area contributed by atoms with E-state index in [-0.39, 0.29) is 11.4 Å². The smallest absolute Gasteiger partial charge is 0.253 e. The Morgan fingerprint density at radius 2 is 2.44 bits per heavy atom. The molecule has 1 saturated carbocycles. The molecule has 4 nitrogen and oxygen atoms in total. The van der Waals surface area contributed by atoms with Gasteiger partial charge in [0.2, 0.25) is 0 Å². The summed E-state index contributed by atoms with van der Waals surface area (Å²) in [6.45, 7) is 2.68. The summed E-state index contributed by atoms with van der Waals surface area (Å²) >= 11 is 0. The van der Waals surface area contributed by atoms with Gasteiger partial charge in [-0.2, -0.15) is 0 Å². The minimum absolute atomic E-state index is 0.0673. The first-order valence-corrected chi connectivity index (χ1v) is 6.60. The topological polar surface area (TPSA) is 68.0 Å². The second-order valence-electron chi connectivity index (χ2n) is 5.20. The van der Waals surface area contributed by atoms with Crippen LogP contribution < -0.4 is 11.1 Å². The highest BCUT2D eigenvalue weighted by molar-refractivity contribution is 5.94. The van der Waals surface area contributed by atoms with Crippen LogP contribution in [-0.4, -0.2) is 23.0 Å². The van der Waals surface area contributed by atoms with Gasteiger partial charge in [0.15, 0.2) is 0 Å². The maximum atomic E-state index is 12.2. The number of carbonyl (C=O) groups is 1. The number of aromatic nitrogens is 1. The maximum Gasteiger partial charge on any atom is 0.253 e.